The van der Waals surface area contributed by atoms with Crippen molar-refractivity contribution in [2.75, 3.05) is 0 Å². The summed E-state index contributed by atoms with van der Waals surface area (Å²) in [5.74, 6) is 0. The van der Waals surface area contributed by atoms with Gasteiger partial charge in [0.15, 0.2) is 0 Å². The Labute approximate surface area is 147 Å². The molecule has 0 atom stereocenters. The molecule has 0 aliphatic heterocycles. The van der Waals surface area contributed by atoms with Crippen LogP contribution in [0.15, 0.2) is 37.4 Å². The van der Waals surface area contributed by atoms with Gasteiger partial charge in [-0.1, -0.05) is 0 Å². The minimum Gasteiger partial charge on any atom is -1.00 e. The Morgan fingerprint density at radius 2 is 1.42 bits per heavy atom. The highest BCUT2D eigenvalue weighted by molar-refractivity contribution is 6.50. The van der Waals surface area contributed by atoms with Crippen LogP contribution < -0.4 is 21.5 Å². The molecule has 2 aromatic heterocycles. The molecule has 24 heavy (non-hydrogen) atoms. The van der Waals surface area contributed by atoms with E-state index < -0.39 is 7.25 Å². The highest BCUT2D eigenvalue weighted by Gasteiger charge is 2.20. The number of imidazole rings is 2. The second-order valence-corrected chi connectivity index (χ2v) is 5.73. The van der Waals surface area contributed by atoms with Crippen molar-refractivity contribution in [3.63, 3.8) is 0 Å². The van der Waals surface area contributed by atoms with E-state index in [0.717, 1.165) is 0 Å². The number of hydrogen-bond acceptors (Lipinski definition) is 0. The molecule has 0 N–H and O–H groups in total. The van der Waals surface area contributed by atoms with Gasteiger partial charge in [0.2, 0.25) is 12.7 Å². The molecule has 0 aliphatic rings. The third-order valence-electron chi connectivity index (χ3n) is 2.77. The van der Waals surface area contributed by atoms with Crippen LogP contribution in [0.1, 0.15) is 39.8 Å². The molecule has 0 amide bonds. The monoisotopic (exact) mass is 372 g/mol. The number of rotatable bonds is 2. The quantitative estimate of drug-likeness (QED) is 0.404. The Morgan fingerprint density at radius 1 is 0.917 bits per heavy atom. The summed E-state index contributed by atoms with van der Waals surface area (Å²) in [5.41, 5.74) is 0. The standard InChI is InChI=1S/C9H17N2.C5H9N2.BF4.ClH/c1-8(2)10-5-6-11(7-10)9(3)4;1-6-3-4-7(2)5-6;2-1(3,4)5;/h5-9H,1-4H3;3-5H,1-2H3;;1H/q2*+1;-1;/p-1. The van der Waals surface area contributed by atoms with Gasteiger partial charge in [-0.15, -0.1) is 0 Å². The van der Waals surface area contributed by atoms with E-state index in [1.807, 2.05) is 42.0 Å². The molecule has 0 bridgehead atoms. The first-order valence-electron chi connectivity index (χ1n) is 7.33. The van der Waals surface area contributed by atoms with Crippen LogP contribution in [0.3, 0.4) is 0 Å². The van der Waals surface area contributed by atoms with Gasteiger partial charge in [-0.2, -0.15) is 0 Å². The maximum absolute atomic E-state index is 9.75. The lowest BCUT2D eigenvalue weighted by Gasteiger charge is -1.99. The summed E-state index contributed by atoms with van der Waals surface area (Å²) in [6, 6.07) is 1.13. The highest BCUT2D eigenvalue weighted by Crippen LogP contribution is 2.06. The van der Waals surface area contributed by atoms with Crippen molar-refractivity contribution >= 4 is 7.25 Å². The SMILES string of the molecule is CC(C)n1cc[n+](C(C)C)c1.Cn1cc[n+](C)c1.F[B-](F)(F)F.[Cl-]. The molecule has 0 saturated heterocycles. The van der Waals surface area contributed by atoms with Crippen LogP contribution in [0.25, 0.3) is 0 Å². The minimum atomic E-state index is -6.00. The number of hydrogen-bond donors (Lipinski definition) is 0. The van der Waals surface area contributed by atoms with Gasteiger partial charge in [0, 0.05) is 0 Å². The zero-order valence-corrected chi connectivity index (χ0v) is 15.6. The van der Waals surface area contributed by atoms with Crippen molar-refractivity contribution in [3.8, 4) is 0 Å². The Balaban J connectivity index is 0. The van der Waals surface area contributed by atoms with Crippen molar-refractivity contribution in [3.05, 3.63) is 37.4 Å². The molecule has 0 fully saturated rings. The third kappa shape index (κ3) is 13.0. The zero-order valence-electron chi connectivity index (χ0n) is 14.9. The summed E-state index contributed by atoms with van der Waals surface area (Å²) in [4.78, 5) is 0. The molecule has 0 aromatic carbocycles. The average molecular weight is 373 g/mol. The number of aromatic nitrogens is 4. The Hall–Kier alpha value is -1.51. The summed E-state index contributed by atoms with van der Waals surface area (Å²) in [5, 5.41) is 0. The van der Waals surface area contributed by atoms with Crippen LogP contribution in [0.4, 0.5) is 17.3 Å². The molecule has 2 aromatic rings. The van der Waals surface area contributed by atoms with Gasteiger partial charge in [0.1, 0.15) is 24.8 Å². The van der Waals surface area contributed by atoms with Crippen LogP contribution in [0.2, 0.25) is 0 Å². The maximum atomic E-state index is 9.75. The molecule has 140 valence electrons. The molecule has 2 heterocycles. The molecule has 0 spiro atoms. The number of halogens is 5. The third-order valence-corrected chi connectivity index (χ3v) is 2.77. The molecule has 2 rings (SSSR count). The van der Waals surface area contributed by atoms with E-state index in [9.17, 15) is 17.3 Å². The van der Waals surface area contributed by atoms with Crippen molar-refractivity contribution < 1.29 is 38.8 Å². The molecule has 4 nitrogen and oxygen atoms in total. The van der Waals surface area contributed by atoms with E-state index in [4.69, 9.17) is 0 Å². The van der Waals surface area contributed by atoms with E-state index in [-0.39, 0.29) is 12.4 Å². The molecule has 0 saturated carbocycles. The van der Waals surface area contributed by atoms with E-state index in [1.165, 1.54) is 0 Å². The van der Waals surface area contributed by atoms with E-state index in [0.29, 0.717) is 12.1 Å². The van der Waals surface area contributed by atoms with Crippen LogP contribution in [-0.4, -0.2) is 16.4 Å². The second kappa shape index (κ2) is 11.1. The summed E-state index contributed by atoms with van der Waals surface area (Å²) in [7, 11) is -2.00. The summed E-state index contributed by atoms with van der Waals surface area (Å²) >= 11 is 0. The predicted molar refractivity (Wildman–Crippen MR) is 82.2 cm³/mol. The summed E-state index contributed by atoms with van der Waals surface area (Å²) < 4.78 is 47.4. The first-order valence-corrected chi connectivity index (χ1v) is 7.33. The van der Waals surface area contributed by atoms with Gasteiger partial charge in [-0.05, 0) is 27.7 Å². The predicted octanol–water partition coefficient (Wildman–Crippen LogP) is 0.0910. The number of nitrogens with zero attached hydrogens (tertiary/aromatic N) is 4. The van der Waals surface area contributed by atoms with E-state index in [1.54, 1.807) is 0 Å². The summed E-state index contributed by atoms with van der Waals surface area (Å²) in [6.07, 6.45) is 12.4. The topological polar surface area (TPSA) is 17.6 Å². The van der Waals surface area contributed by atoms with Crippen molar-refractivity contribution in [2.24, 2.45) is 14.1 Å². The average Bonchev–Trinajstić information content (AvgIpc) is 2.96. The lowest BCUT2D eigenvalue weighted by molar-refractivity contribution is -0.715. The molecule has 10 heteroatoms. The maximum Gasteiger partial charge on any atom is 0.673 e. The van der Waals surface area contributed by atoms with Crippen LogP contribution in [-0.2, 0) is 14.1 Å². The molecule has 0 unspecified atom stereocenters. The van der Waals surface area contributed by atoms with Gasteiger partial charge in [0.05, 0.1) is 26.2 Å². The largest absolute Gasteiger partial charge is 1.00 e. The number of aryl methyl sites for hydroxylation is 2. The zero-order chi connectivity index (χ0) is 18.2. The van der Waals surface area contributed by atoms with E-state index >= 15 is 0 Å². The van der Waals surface area contributed by atoms with Crippen LogP contribution in [0.5, 0.6) is 0 Å². The molecule has 0 radical (unpaired) electrons. The van der Waals surface area contributed by atoms with Gasteiger partial charge in [-0.25, -0.2) is 18.3 Å². The van der Waals surface area contributed by atoms with Gasteiger partial charge < -0.3 is 29.7 Å². The molecule has 0 aliphatic carbocycles. The van der Waals surface area contributed by atoms with Crippen LogP contribution in [0, 0.1) is 0 Å². The Morgan fingerprint density at radius 3 is 1.58 bits per heavy atom. The van der Waals surface area contributed by atoms with Crippen molar-refractivity contribution in [1.29, 1.82) is 0 Å². The Kier molecular flexibility index (Phi) is 11.5. The first kappa shape index (κ1) is 24.7. The fourth-order valence-corrected chi connectivity index (χ4v) is 1.57. The fraction of sp³-hybridized carbons (Fsp3) is 0.571. The lowest BCUT2D eigenvalue weighted by atomic mass is 10.3. The van der Waals surface area contributed by atoms with Crippen molar-refractivity contribution in [2.45, 2.75) is 39.8 Å². The van der Waals surface area contributed by atoms with Crippen molar-refractivity contribution in [1.82, 2.24) is 9.13 Å². The Bertz CT molecular complexity index is 522. The normalized spacial score (nSPS) is 10.5. The molecular weight excluding hydrogens is 346 g/mol. The summed E-state index contributed by atoms with van der Waals surface area (Å²) in [6.45, 7) is 8.74. The first-order chi connectivity index (χ1) is 10.4. The van der Waals surface area contributed by atoms with Crippen LogP contribution >= 0.6 is 0 Å². The lowest BCUT2D eigenvalue weighted by Crippen LogP contribution is -3.00. The fourth-order valence-electron chi connectivity index (χ4n) is 1.57. The van der Waals surface area contributed by atoms with Gasteiger partial charge in [-0.3, -0.25) is 0 Å². The van der Waals surface area contributed by atoms with Gasteiger partial charge >= 0.3 is 7.25 Å². The van der Waals surface area contributed by atoms with Gasteiger partial charge in [0.25, 0.3) is 0 Å². The minimum absolute atomic E-state index is 0. The smallest absolute Gasteiger partial charge is 0.673 e. The molecular formula is C14H26BClF4N4. The van der Waals surface area contributed by atoms with E-state index in [2.05, 4.69) is 55.6 Å². The second-order valence-electron chi connectivity index (χ2n) is 5.73. The highest BCUT2D eigenvalue weighted by atomic mass is 35.5.